The monoisotopic (exact) mass is 275 g/mol. The van der Waals surface area contributed by atoms with Gasteiger partial charge in [-0.15, -0.1) is 0 Å². The number of aromatic nitrogens is 2. The number of hydrogen-bond acceptors (Lipinski definition) is 3. The number of nitrogens with one attached hydrogen (secondary N) is 1. The molecule has 0 saturated carbocycles. The molecule has 108 valence electrons. The first-order valence-corrected chi connectivity index (χ1v) is 6.85. The minimum atomic E-state index is -0.108. The number of fused-ring (bicyclic) bond motifs is 1. The Morgan fingerprint density at radius 2 is 2.25 bits per heavy atom. The summed E-state index contributed by atoms with van der Waals surface area (Å²) in [6, 6.07) is 5.64. The van der Waals surface area contributed by atoms with Gasteiger partial charge in [-0.2, -0.15) is 5.10 Å². The summed E-state index contributed by atoms with van der Waals surface area (Å²) >= 11 is 0. The maximum atomic E-state index is 12.2. The molecular formula is C15H21N3O2. The van der Waals surface area contributed by atoms with Gasteiger partial charge in [0.1, 0.15) is 0 Å². The van der Waals surface area contributed by atoms with E-state index in [0.717, 1.165) is 18.4 Å². The Bertz CT molecular complexity index is 590. The molecule has 2 aromatic heterocycles. The number of carbonyl (C=O) groups excluding carboxylic acids is 1. The van der Waals surface area contributed by atoms with Crippen molar-refractivity contribution in [1.29, 1.82) is 0 Å². The lowest BCUT2D eigenvalue weighted by Gasteiger charge is -2.24. The molecular weight excluding hydrogens is 254 g/mol. The highest BCUT2D eigenvalue weighted by molar-refractivity contribution is 6.00. The normalized spacial score (nSPS) is 11.8. The lowest BCUT2D eigenvalue weighted by Crippen LogP contribution is -2.34. The quantitative estimate of drug-likeness (QED) is 0.845. The predicted octanol–water partition coefficient (Wildman–Crippen LogP) is 1.86. The number of aliphatic hydroxyl groups is 1. The van der Waals surface area contributed by atoms with E-state index >= 15 is 0 Å². The average molecular weight is 275 g/mol. The molecule has 0 aliphatic rings. The van der Waals surface area contributed by atoms with E-state index in [-0.39, 0.29) is 17.9 Å². The van der Waals surface area contributed by atoms with Crippen LogP contribution >= 0.6 is 0 Å². The molecule has 20 heavy (non-hydrogen) atoms. The van der Waals surface area contributed by atoms with E-state index < -0.39 is 0 Å². The van der Waals surface area contributed by atoms with Crippen LogP contribution in [0.25, 0.3) is 5.52 Å². The maximum absolute atomic E-state index is 12.2. The van der Waals surface area contributed by atoms with Gasteiger partial charge in [0.2, 0.25) is 0 Å². The summed E-state index contributed by atoms with van der Waals surface area (Å²) in [5, 5.41) is 16.0. The molecule has 5 nitrogen and oxygen atoms in total. The smallest absolute Gasteiger partial charge is 0.255 e. The van der Waals surface area contributed by atoms with Gasteiger partial charge in [0, 0.05) is 19.3 Å². The van der Waals surface area contributed by atoms with Crippen molar-refractivity contribution < 1.29 is 9.90 Å². The van der Waals surface area contributed by atoms with Crippen LogP contribution in [0.3, 0.4) is 0 Å². The van der Waals surface area contributed by atoms with Gasteiger partial charge in [-0.05, 0) is 30.4 Å². The zero-order valence-electron chi connectivity index (χ0n) is 12.0. The second kappa shape index (κ2) is 6.05. The number of aliphatic hydroxyl groups excluding tert-OH is 1. The fourth-order valence-corrected chi connectivity index (χ4v) is 2.17. The Morgan fingerprint density at radius 1 is 1.45 bits per heavy atom. The fourth-order valence-electron chi connectivity index (χ4n) is 2.17. The summed E-state index contributed by atoms with van der Waals surface area (Å²) in [5.41, 5.74) is 1.36. The largest absolute Gasteiger partial charge is 0.396 e. The van der Waals surface area contributed by atoms with Gasteiger partial charge in [-0.25, -0.2) is 4.52 Å². The molecule has 1 amide bonds. The Morgan fingerprint density at radius 3 is 3.00 bits per heavy atom. The second-order valence-corrected chi connectivity index (χ2v) is 5.76. The van der Waals surface area contributed by atoms with Crippen molar-refractivity contribution in [3.63, 3.8) is 0 Å². The van der Waals surface area contributed by atoms with Gasteiger partial charge in [-0.3, -0.25) is 4.79 Å². The molecule has 0 atom stereocenters. The van der Waals surface area contributed by atoms with Crippen LogP contribution < -0.4 is 5.32 Å². The highest BCUT2D eigenvalue weighted by atomic mass is 16.2. The molecule has 0 unspecified atom stereocenters. The Balaban J connectivity index is 2.02. The van der Waals surface area contributed by atoms with Crippen LogP contribution in [0.4, 0.5) is 0 Å². The van der Waals surface area contributed by atoms with Crippen molar-refractivity contribution in [2.75, 3.05) is 13.2 Å². The standard InChI is InChI=1S/C15H21N3O2/c1-15(2,7-5-9-19)11-16-14(20)12-10-17-18-8-4-3-6-13(12)18/h3-4,6,8,10,19H,5,7,9,11H2,1-2H3,(H,16,20). The van der Waals surface area contributed by atoms with Crippen molar-refractivity contribution in [1.82, 2.24) is 14.9 Å². The van der Waals surface area contributed by atoms with Gasteiger partial charge in [-0.1, -0.05) is 19.9 Å². The molecule has 0 aromatic carbocycles. The topological polar surface area (TPSA) is 66.6 Å². The summed E-state index contributed by atoms with van der Waals surface area (Å²) in [4.78, 5) is 12.2. The van der Waals surface area contributed by atoms with Crippen LogP contribution in [0.1, 0.15) is 37.0 Å². The van der Waals surface area contributed by atoms with Crippen LogP contribution in [0.5, 0.6) is 0 Å². The third kappa shape index (κ3) is 3.36. The van der Waals surface area contributed by atoms with E-state index in [9.17, 15) is 4.79 Å². The molecule has 0 saturated heterocycles. The van der Waals surface area contributed by atoms with Crippen molar-refractivity contribution in [3.8, 4) is 0 Å². The molecule has 2 rings (SSSR count). The second-order valence-electron chi connectivity index (χ2n) is 5.76. The van der Waals surface area contributed by atoms with Crippen LogP contribution in [0, 0.1) is 5.41 Å². The van der Waals surface area contributed by atoms with Crippen LogP contribution in [0.15, 0.2) is 30.6 Å². The first-order chi connectivity index (χ1) is 9.53. The number of nitrogens with zero attached hydrogens (tertiary/aromatic N) is 2. The molecule has 2 N–H and O–H groups in total. The zero-order chi connectivity index (χ0) is 14.6. The molecule has 2 aromatic rings. The lowest BCUT2D eigenvalue weighted by atomic mass is 9.88. The first-order valence-electron chi connectivity index (χ1n) is 6.85. The van der Waals surface area contributed by atoms with E-state index in [1.807, 2.05) is 24.4 Å². The minimum absolute atomic E-state index is 0.0264. The molecule has 0 spiro atoms. The fraction of sp³-hybridized carbons (Fsp3) is 0.467. The molecule has 0 aliphatic heterocycles. The maximum Gasteiger partial charge on any atom is 0.255 e. The summed E-state index contributed by atoms with van der Waals surface area (Å²) in [7, 11) is 0. The predicted molar refractivity (Wildman–Crippen MR) is 77.6 cm³/mol. The van der Waals surface area contributed by atoms with Gasteiger partial charge in [0.15, 0.2) is 0 Å². The van der Waals surface area contributed by atoms with Gasteiger partial charge in [0.25, 0.3) is 5.91 Å². The number of rotatable bonds is 6. The number of hydrogen-bond donors (Lipinski definition) is 2. The Labute approximate surface area is 118 Å². The molecule has 0 bridgehead atoms. The van der Waals surface area contributed by atoms with Crippen LogP contribution in [-0.2, 0) is 0 Å². The minimum Gasteiger partial charge on any atom is -0.396 e. The third-order valence-electron chi connectivity index (χ3n) is 3.41. The first kappa shape index (κ1) is 14.5. The number of carbonyl (C=O) groups is 1. The number of amides is 1. The molecule has 0 fully saturated rings. The molecule has 2 heterocycles. The van der Waals surface area contributed by atoms with Crippen molar-refractivity contribution in [2.24, 2.45) is 5.41 Å². The van der Waals surface area contributed by atoms with Crippen molar-refractivity contribution in [3.05, 3.63) is 36.2 Å². The molecule has 5 heteroatoms. The summed E-state index contributed by atoms with van der Waals surface area (Å²) in [6.07, 6.45) is 5.03. The average Bonchev–Trinajstić information content (AvgIpc) is 2.87. The zero-order valence-corrected chi connectivity index (χ0v) is 12.0. The highest BCUT2D eigenvalue weighted by Crippen LogP contribution is 2.21. The van der Waals surface area contributed by atoms with Gasteiger partial charge in [0.05, 0.1) is 17.3 Å². The summed E-state index contributed by atoms with van der Waals surface area (Å²) in [6.45, 7) is 4.93. The highest BCUT2D eigenvalue weighted by Gasteiger charge is 2.20. The van der Waals surface area contributed by atoms with E-state index in [0.29, 0.717) is 12.1 Å². The van der Waals surface area contributed by atoms with Gasteiger partial charge >= 0.3 is 0 Å². The lowest BCUT2D eigenvalue weighted by molar-refractivity contribution is 0.0934. The van der Waals surface area contributed by atoms with Crippen LogP contribution in [-0.4, -0.2) is 33.8 Å². The van der Waals surface area contributed by atoms with E-state index in [4.69, 9.17) is 5.11 Å². The van der Waals surface area contributed by atoms with E-state index in [2.05, 4.69) is 24.3 Å². The van der Waals surface area contributed by atoms with E-state index in [1.54, 1.807) is 10.7 Å². The van der Waals surface area contributed by atoms with Crippen LogP contribution in [0.2, 0.25) is 0 Å². The van der Waals surface area contributed by atoms with Crippen molar-refractivity contribution >= 4 is 11.4 Å². The summed E-state index contributed by atoms with van der Waals surface area (Å²) < 4.78 is 1.69. The summed E-state index contributed by atoms with van der Waals surface area (Å²) in [5.74, 6) is -0.108. The number of pyridine rings is 1. The Kier molecular flexibility index (Phi) is 4.39. The van der Waals surface area contributed by atoms with Gasteiger partial charge < -0.3 is 10.4 Å². The molecule has 0 aliphatic carbocycles. The third-order valence-corrected chi connectivity index (χ3v) is 3.41. The molecule has 0 radical (unpaired) electrons. The van der Waals surface area contributed by atoms with Crippen molar-refractivity contribution in [2.45, 2.75) is 26.7 Å². The Hall–Kier alpha value is -1.88. The SMILES string of the molecule is CC(C)(CCCO)CNC(=O)c1cnn2ccccc12. The van der Waals surface area contributed by atoms with E-state index in [1.165, 1.54) is 0 Å².